The Balaban J connectivity index is 2.05. The summed E-state index contributed by atoms with van der Waals surface area (Å²) in [6.45, 7) is 1.52. The van der Waals surface area contributed by atoms with Crippen molar-refractivity contribution in [1.82, 2.24) is 5.32 Å². The van der Waals surface area contributed by atoms with Crippen molar-refractivity contribution < 1.29 is 29.3 Å². The predicted octanol–water partition coefficient (Wildman–Crippen LogP) is 1.66. The van der Waals surface area contributed by atoms with Gasteiger partial charge in [-0.25, -0.2) is 0 Å². The number of phenolic OH excluding ortho intramolecular Hbond substituents is 1. The van der Waals surface area contributed by atoms with Crippen LogP contribution in [0.25, 0.3) is 0 Å². The summed E-state index contributed by atoms with van der Waals surface area (Å²) in [5.74, 6) is -1.72. The number of phenols is 1. The zero-order valence-electron chi connectivity index (χ0n) is 14.5. The summed E-state index contributed by atoms with van der Waals surface area (Å²) in [7, 11) is 1.39. The Morgan fingerprint density at radius 2 is 1.81 bits per heavy atom. The quantitative estimate of drug-likeness (QED) is 0.746. The second-order valence-electron chi connectivity index (χ2n) is 6.45. The molecule has 0 spiro atoms. The van der Waals surface area contributed by atoms with Gasteiger partial charge in [0, 0.05) is 22.3 Å². The molecule has 1 heterocycles. The number of rotatable bonds is 2. The third kappa shape index (κ3) is 2.15. The first kappa shape index (κ1) is 17.0. The lowest BCUT2D eigenvalue weighted by atomic mass is 9.81. The number of ether oxygens (including phenoxy) is 1. The fraction of sp³-hybridized carbons (Fsp3) is 0.150. The number of methoxy groups -OCH3 is 1. The van der Waals surface area contributed by atoms with Crippen LogP contribution in [-0.2, 0) is 5.72 Å². The highest BCUT2D eigenvalue weighted by molar-refractivity contribution is 6.25. The average molecular weight is 365 g/mol. The van der Waals surface area contributed by atoms with Crippen LogP contribution in [0.4, 0.5) is 0 Å². The van der Waals surface area contributed by atoms with Crippen LogP contribution >= 0.6 is 0 Å². The topological polar surface area (TPSA) is 113 Å². The Morgan fingerprint density at radius 1 is 1.07 bits per heavy atom. The van der Waals surface area contributed by atoms with Crippen molar-refractivity contribution in [2.24, 2.45) is 0 Å². The molecule has 0 radical (unpaired) electrons. The average Bonchev–Trinajstić information content (AvgIpc) is 2.91. The molecule has 7 heteroatoms. The second-order valence-corrected chi connectivity index (χ2v) is 6.45. The number of carbonyl (C=O) groups excluding carboxylic acids is 3. The highest BCUT2D eigenvalue weighted by Crippen LogP contribution is 2.45. The van der Waals surface area contributed by atoms with Crippen LogP contribution in [0.2, 0.25) is 0 Å². The molecule has 1 aliphatic heterocycles. The summed E-state index contributed by atoms with van der Waals surface area (Å²) in [5, 5.41) is 24.3. The van der Waals surface area contributed by atoms with E-state index < -0.39 is 23.2 Å². The summed E-state index contributed by atoms with van der Waals surface area (Å²) in [6, 6.07) is 7.18. The van der Waals surface area contributed by atoms with Crippen molar-refractivity contribution in [3.8, 4) is 11.5 Å². The third-order valence-electron chi connectivity index (χ3n) is 4.90. The molecule has 2 aliphatic rings. The van der Waals surface area contributed by atoms with E-state index in [4.69, 9.17) is 4.74 Å². The van der Waals surface area contributed by atoms with Crippen LogP contribution in [0.15, 0.2) is 42.0 Å². The first-order chi connectivity index (χ1) is 12.8. The van der Waals surface area contributed by atoms with E-state index in [1.54, 1.807) is 12.1 Å². The summed E-state index contributed by atoms with van der Waals surface area (Å²) < 4.78 is 5.19. The van der Waals surface area contributed by atoms with Gasteiger partial charge in [-0.1, -0.05) is 12.1 Å². The molecule has 4 rings (SSSR count). The van der Waals surface area contributed by atoms with E-state index in [9.17, 15) is 24.6 Å². The van der Waals surface area contributed by atoms with E-state index in [1.807, 2.05) is 0 Å². The maximum atomic E-state index is 12.6. The van der Waals surface area contributed by atoms with Crippen LogP contribution in [-0.4, -0.2) is 34.8 Å². The Labute approximate surface area is 153 Å². The molecule has 0 aromatic heterocycles. The number of hydrogen-bond acceptors (Lipinski definition) is 6. The number of benzene rings is 2. The van der Waals surface area contributed by atoms with E-state index in [2.05, 4.69) is 5.32 Å². The number of fused-ring (bicyclic) bond motifs is 2. The third-order valence-corrected chi connectivity index (χ3v) is 4.90. The lowest BCUT2D eigenvalue weighted by Gasteiger charge is -2.29. The molecule has 136 valence electrons. The van der Waals surface area contributed by atoms with Crippen LogP contribution in [0, 0.1) is 0 Å². The summed E-state index contributed by atoms with van der Waals surface area (Å²) >= 11 is 0. The molecule has 7 nitrogen and oxygen atoms in total. The number of Topliss-reactive ketones (excluding diaryl/α,β-unsaturated/α-hetero) is 1. The van der Waals surface area contributed by atoms with Gasteiger partial charge in [-0.3, -0.25) is 14.4 Å². The van der Waals surface area contributed by atoms with Crippen molar-refractivity contribution >= 4 is 17.5 Å². The van der Waals surface area contributed by atoms with Crippen molar-refractivity contribution in [3.63, 3.8) is 0 Å². The van der Waals surface area contributed by atoms with Gasteiger partial charge in [0.2, 0.25) is 0 Å². The van der Waals surface area contributed by atoms with Crippen molar-refractivity contribution in [2.45, 2.75) is 12.6 Å². The summed E-state index contributed by atoms with van der Waals surface area (Å²) in [6.07, 6.45) is 1.15. The lowest BCUT2D eigenvalue weighted by molar-refractivity contribution is 0.0449. The number of allylic oxidation sites excluding steroid dienone is 2. The second kappa shape index (κ2) is 5.52. The number of nitrogens with one attached hydrogen (secondary N) is 1. The van der Waals surface area contributed by atoms with Gasteiger partial charge in [0.15, 0.2) is 17.3 Å². The first-order valence-electron chi connectivity index (χ1n) is 8.15. The molecular formula is C20H15NO6. The normalized spacial score (nSPS) is 20.7. The van der Waals surface area contributed by atoms with Gasteiger partial charge >= 0.3 is 0 Å². The molecule has 0 saturated heterocycles. The fourth-order valence-corrected chi connectivity index (χ4v) is 3.68. The van der Waals surface area contributed by atoms with Crippen molar-refractivity contribution in [1.29, 1.82) is 0 Å². The Kier molecular flexibility index (Phi) is 3.47. The number of carbonyl (C=O) groups is 3. The molecule has 27 heavy (non-hydrogen) atoms. The van der Waals surface area contributed by atoms with Gasteiger partial charge < -0.3 is 20.3 Å². The molecular weight excluding hydrogens is 350 g/mol. The van der Waals surface area contributed by atoms with E-state index in [1.165, 1.54) is 32.2 Å². The van der Waals surface area contributed by atoms with Gasteiger partial charge in [0.1, 0.15) is 11.5 Å². The van der Waals surface area contributed by atoms with Crippen LogP contribution in [0.3, 0.4) is 0 Å². The van der Waals surface area contributed by atoms with Gasteiger partial charge in [-0.05, 0) is 31.2 Å². The molecule has 1 unspecified atom stereocenters. The zero-order chi connectivity index (χ0) is 19.5. The van der Waals surface area contributed by atoms with Gasteiger partial charge in [-0.2, -0.15) is 0 Å². The van der Waals surface area contributed by atoms with Crippen LogP contribution in [0.5, 0.6) is 11.5 Å². The molecule has 3 N–H and O–H groups in total. The molecule has 0 fully saturated rings. The molecule has 1 aliphatic carbocycles. The van der Waals surface area contributed by atoms with Crippen LogP contribution < -0.4 is 10.1 Å². The summed E-state index contributed by atoms with van der Waals surface area (Å²) in [5.41, 5.74) is -2.01. The standard InChI is InChI=1S/C20H15NO6/c1-9-8-13(23)15-10(18(9)24)6-7-12(22)17(15)20(26)11-4-3-5-14(27-2)16(11)19(25)21-20/h3-8,22,26H,1-2H3,(H,21,25). The number of aromatic hydroxyl groups is 1. The van der Waals surface area contributed by atoms with E-state index in [-0.39, 0.29) is 44.9 Å². The smallest absolute Gasteiger partial charge is 0.258 e. The highest BCUT2D eigenvalue weighted by Gasteiger charge is 2.49. The molecule has 1 amide bonds. The number of amides is 1. The van der Waals surface area contributed by atoms with Crippen molar-refractivity contribution in [3.05, 3.63) is 69.8 Å². The van der Waals surface area contributed by atoms with Gasteiger partial charge in [0.05, 0.1) is 18.2 Å². The Morgan fingerprint density at radius 3 is 2.52 bits per heavy atom. The predicted molar refractivity (Wildman–Crippen MR) is 94.0 cm³/mol. The SMILES string of the molecule is COc1cccc2c1C(=O)NC2(O)c1c(O)ccc2c1C(=O)C=C(C)C2=O. The zero-order valence-corrected chi connectivity index (χ0v) is 14.5. The number of aliphatic hydroxyl groups is 1. The number of ketones is 2. The van der Waals surface area contributed by atoms with E-state index >= 15 is 0 Å². The maximum Gasteiger partial charge on any atom is 0.258 e. The first-order valence-corrected chi connectivity index (χ1v) is 8.15. The van der Waals surface area contributed by atoms with E-state index in [0.29, 0.717) is 0 Å². The van der Waals surface area contributed by atoms with Crippen molar-refractivity contribution in [2.75, 3.05) is 7.11 Å². The minimum absolute atomic E-state index is 0.0619. The van der Waals surface area contributed by atoms with E-state index in [0.717, 1.165) is 6.08 Å². The highest BCUT2D eigenvalue weighted by atomic mass is 16.5. The van der Waals surface area contributed by atoms with Gasteiger partial charge in [-0.15, -0.1) is 0 Å². The number of hydrogen-bond donors (Lipinski definition) is 3. The maximum absolute atomic E-state index is 12.6. The Bertz CT molecular complexity index is 1080. The fourth-order valence-electron chi connectivity index (χ4n) is 3.68. The summed E-state index contributed by atoms with van der Waals surface area (Å²) in [4.78, 5) is 37.6. The monoisotopic (exact) mass is 365 g/mol. The molecule has 2 aromatic rings. The Hall–Kier alpha value is -3.45. The molecule has 2 aromatic carbocycles. The molecule has 0 saturated carbocycles. The largest absolute Gasteiger partial charge is 0.507 e. The minimum atomic E-state index is -2.19. The lowest BCUT2D eigenvalue weighted by Crippen LogP contribution is -2.42. The van der Waals surface area contributed by atoms with Crippen LogP contribution in [0.1, 0.15) is 49.1 Å². The minimum Gasteiger partial charge on any atom is -0.507 e. The molecule has 0 bridgehead atoms. The van der Waals surface area contributed by atoms with Gasteiger partial charge in [0.25, 0.3) is 5.91 Å². The molecule has 1 atom stereocenters.